The van der Waals surface area contributed by atoms with E-state index in [1.165, 1.54) is 18.4 Å². The van der Waals surface area contributed by atoms with Gasteiger partial charge in [-0.25, -0.2) is 12.7 Å². The van der Waals surface area contributed by atoms with E-state index in [4.69, 9.17) is 0 Å². The number of nitrogens with zero attached hydrogens (tertiary/aromatic N) is 1. The van der Waals surface area contributed by atoms with Crippen LogP contribution in [0.4, 0.5) is 5.69 Å². The minimum Gasteiger partial charge on any atom is -0.380 e. The number of aromatic amines is 1. The first-order valence-corrected chi connectivity index (χ1v) is 8.61. The average Bonchev–Trinajstić information content (AvgIpc) is 2.49. The van der Waals surface area contributed by atoms with Crippen LogP contribution in [0.2, 0.25) is 0 Å². The number of nitrogens with one attached hydrogen (secondary N) is 2. The molecule has 1 aromatic carbocycles. The molecule has 0 aliphatic carbocycles. The standard InChI is InChI=1S/C16H21N3O3S/c1-11-8-14(23(21,22)19(3)4)9-15(12(11)2)18-10-13-6-5-7-17-16(13)20/h5-9,18H,10H2,1-4H3,(H,17,20). The van der Waals surface area contributed by atoms with E-state index in [1.54, 1.807) is 30.5 Å². The topological polar surface area (TPSA) is 82.3 Å². The molecule has 0 aliphatic rings. The van der Waals surface area contributed by atoms with Gasteiger partial charge in [0.15, 0.2) is 0 Å². The second-order valence-corrected chi connectivity index (χ2v) is 7.73. The number of H-pyrrole nitrogens is 1. The third kappa shape index (κ3) is 3.62. The lowest BCUT2D eigenvalue weighted by Crippen LogP contribution is -2.22. The van der Waals surface area contributed by atoms with E-state index in [2.05, 4.69) is 10.3 Å². The van der Waals surface area contributed by atoms with Gasteiger partial charge in [-0.1, -0.05) is 6.07 Å². The minimum atomic E-state index is -3.50. The third-order valence-corrected chi connectivity index (χ3v) is 5.58. The van der Waals surface area contributed by atoms with Crippen molar-refractivity contribution >= 4 is 15.7 Å². The number of pyridine rings is 1. The number of benzene rings is 1. The fourth-order valence-corrected chi connectivity index (χ4v) is 3.17. The van der Waals surface area contributed by atoms with Gasteiger partial charge in [0.05, 0.1) is 4.90 Å². The lowest BCUT2D eigenvalue weighted by molar-refractivity contribution is 0.520. The van der Waals surface area contributed by atoms with Crippen LogP contribution < -0.4 is 10.9 Å². The van der Waals surface area contributed by atoms with Crippen molar-refractivity contribution in [3.8, 4) is 0 Å². The van der Waals surface area contributed by atoms with Gasteiger partial charge in [0.1, 0.15) is 0 Å². The predicted octanol–water partition coefficient (Wildman–Crippen LogP) is 1.85. The summed E-state index contributed by atoms with van der Waals surface area (Å²) in [7, 11) is -0.502. The Bertz CT molecular complexity index is 870. The van der Waals surface area contributed by atoms with Crippen molar-refractivity contribution in [3.05, 3.63) is 57.5 Å². The highest BCUT2D eigenvalue weighted by Crippen LogP contribution is 2.25. The maximum absolute atomic E-state index is 12.3. The molecule has 2 N–H and O–H groups in total. The van der Waals surface area contributed by atoms with Crippen LogP contribution >= 0.6 is 0 Å². The summed E-state index contributed by atoms with van der Waals surface area (Å²) in [6, 6.07) is 6.75. The van der Waals surface area contributed by atoms with E-state index in [9.17, 15) is 13.2 Å². The number of hydrogen-bond donors (Lipinski definition) is 2. The molecular formula is C16H21N3O3S. The molecule has 0 bridgehead atoms. The van der Waals surface area contributed by atoms with Crippen LogP contribution in [0.25, 0.3) is 0 Å². The largest absolute Gasteiger partial charge is 0.380 e. The van der Waals surface area contributed by atoms with Crippen LogP contribution in [0, 0.1) is 13.8 Å². The van der Waals surface area contributed by atoms with Crippen LogP contribution in [-0.2, 0) is 16.6 Å². The molecule has 0 fully saturated rings. The van der Waals surface area contributed by atoms with Crippen LogP contribution in [0.1, 0.15) is 16.7 Å². The van der Waals surface area contributed by atoms with Gasteiger partial charge in [-0.2, -0.15) is 0 Å². The normalized spacial score (nSPS) is 11.7. The highest BCUT2D eigenvalue weighted by atomic mass is 32.2. The Balaban J connectivity index is 2.38. The van der Waals surface area contributed by atoms with Crippen molar-refractivity contribution in [3.63, 3.8) is 0 Å². The second kappa shape index (κ2) is 6.55. The zero-order valence-electron chi connectivity index (χ0n) is 13.7. The SMILES string of the molecule is Cc1cc(S(=O)(=O)N(C)C)cc(NCc2ccc[nH]c2=O)c1C. The molecule has 0 unspecified atom stereocenters. The van der Waals surface area contributed by atoms with Crippen LogP contribution in [-0.4, -0.2) is 31.8 Å². The van der Waals surface area contributed by atoms with Crippen molar-refractivity contribution in [2.45, 2.75) is 25.3 Å². The van der Waals surface area contributed by atoms with Crippen LogP contribution in [0.5, 0.6) is 0 Å². The molecule has 2 rings (SSSR count). The molecule has 0 aliphatic heterocycles. The first-order chi connectivity index (χ1) is 10.7. The number of aryl methyl sites for hydroxylation is 1. The molecule has 7 heteroatoms. The quantitative estimate of drug-likeness (QED) is 0.874. The van der Waals surface area contributed by atoms with Crippen LogP contribution in [0.3, 0.4) is 0 Å². The molecule has 23 heavy (non-hydrogen) atoms. The fraction of sp³-hybridized carbons (Fsp3) is 0.312. The summed E-state index contributed by atoms with van der Waals surface area (Å²) < 4.78 is 25.8. The number of aromatic nitrogens is 1. The molecule has 0 saturated carbocycles. The number of hydrogen-bond acceptors (Lipinski definition) is 4. The smallest absolute Gasteiger partial charge is 0.252 e. The van der Waals surface area contributed by atoms with Gasteiger partial charge in [-0.15, -0.1) is 0 Å². The first kappa shape index (κ1) is 17.2. The monoisotopic (exact) mass is 335 g/mol. The molecule has 124 valence electrons. The van der Waals surface area contributed by atoms with Crippen molar-refractivity contribution < 1.29 is 8.42 Å². The van der Waals surface area contributed by atoms with E-state index >= 15 is 0 Å². The van der Waals surface area contributed by atoms with E-state index in [1.807, 2.05) is 13.8 Å². The zero-order valence-corrected chi connectivity index (χ0v) is 14.5. The van der Waals surface area contributed by atoms with Crippen molar-refractivity contribution in [2.75, 3.05) is 19.4 Å². The Morgan fingerprint density at radius 2 is 1.91 bits per heavy atom. The van der Waals surface area contributed by atoms with Gasteiger partial charge in [-0.3, -0.25) is 4.79 Å². The molecule has 1 aromatic heterocycles. The van der Waals surface area contributed by atoms with Gasteiger partial charge in [0.2, 0.25) is 10.0 Å². The Morgan fingerprint density at radius 1 is 1.22 bits per heavy atom. The molecule has 0 spiro atoms. The highest BCUT2D eigenvalue weighted by molar-refractivity contribution is 7.89. The van der Waals surface area contributed by atoms with E-state index in [0.29, 0.717) is 17.8 Å². The molecule has 0 amide bonds. The summed E-state index contributed by atoms with van der Waals surface area (Å²) in [5.41, 5.74) is 2.96. The van der Waals surface area contributed by atoms with Gasteiger partial charge in [0.25, 0.3) is 5.56 Å². The van der Waals surface area contributed by atoms with E-state index in [-0.39, 0.29) is 10.5 Å². The molecular weight excluding hydrogens is 314 g/mol. The Morgan fingerprint density at radius 3 is 2.52 bits per heavy atom. The maximum atomic E-state index is 12.3. The summed E-state index contributed by atoms with van der Waals surface area (Å²) in [4.78, 5) is 14.6. The van der Waals surface area contributed by atoms with E-state index < -0.39 is 10.0 Å². The molecule has 0 saturated heterocycles. The average molecular weight is 335 g/mol. The summed E-state index contributed by atoms with van der Waals surface area (Å²) in [6.45, 7) is 4.10. The van der Waals surface area contributed by atoms with Crippen LogP contribution in [0.15, 0.2) is 40.2 Å². The number of anilines is 1. The van der Waals surface area contributed by atoms with Gasteiger partial charge < -0.3 is 10.3 Å². The lowest BCUT2D eigenvalue weighted by atomic mass is 10.1. The highest BCUT2D eigenvalue weighted by Gasteiger charge is 2.19. The predicted molar refractivity (Wildman–Crippen MR) is 91.2 cm³/mol. The molecule has 0 radical (unpaired) electrons. The first-order valence-electron chi connectivity index (χ1n) is 7.17. The second-order valence-electron chi connectivity index (χ2n) is 5.58. The fourth-order valence-electron chi connectivity index (χ4n) is 2.16. The van der Waals surface area contributed by atoms with Gasteiger partial charge >= 0.3 is 0 Å². The molecule has 2 aromatic rings. The zero-order chi connectivity index (χ0) is 17.2. The minimum absolute atomic E-state index is 0.161. The van der Waals surface area contributed by atoms with Crippen molar-refractivity contribution in [2.24, 2.45) is 0 Å². The number of sulfonamides is 1. The number of rotatable bonds is 5. The van der Waals surface area contributed by atoms with Crippen molar-refractivity contribution in [1.29, 1.82) is 0 Å². The Labute approximate surface area is 136 Å². The summed E-state index contributed by atoms with van der Waals surface area (Å²) in [5.74, 6) is 0. The van der Waals surface area contributed by atoms with Crippen molar-refractivity contribution in [1.82, 2.24) is 9.29 Å². The lowest BCUT2D eigenvalue weighted by Gasteiger charge is -2.17. The maximum Gasteiger partial charge on any atom is 0.252 e. The van der Waals surface area contributed by atoms with Gasteiger partial charge in [0, 0.05) is 38.1 Å². The summed E-state index contributed by atoms with van der Waals surface area (Å²) >= 11 is 0. The summed E-state index contributed by atoms with van der Waals surface area (Å²) in [6.07, 6.45) is 1.57. The molecule has 6 nitrogen and oxygen atoms in total. The summed E-state index contributed by atoms with van der Waals surface area (Å²) in [5, 5.41) is 3.16. The Kier molecular flexibility index (Phi) is 4.91. The third-order valence-electron chi connectivity index (χ3n) is 3.79. The van der Waals surface area contributed by atoms with E-state index in [0.717, 1.165) is 11.1 Å². The molecule has 0 atom stereocenters. The van der Waals surface area contributed by atoms with Gasteiger partial charge in [-0.05, 0) is 43.2 Å². The molecule has 1 heterocycles. The Hall–Kier alpha value is -2.12.